The van der Waals surface area contributed by atoms with Gasteiger partial charge in [0.2, 0.25) is 0 Å². The van der Waals surface area contributed by atoms with E-state index in [4.69, 9.17) is 27.9 Å². The van der Waals surface area contributed by atoms with Gasteiger partial charge in [-0.15, -0.1) is 0 Å². The van der Waals surface area contributed by atoms with Crippen LogP contribution in [0.4, 0.5) is 15.8 Å². The Balaban J connectivity index is 1.85. The van der Waals surface area contributed by atoms with E-state index in [-0.39, 0.29) is 28.1 Å². The molecule has 0 bridgehead atoms. The van der Waals surface area contributed by atoms with E-state index < -0.39 is 11.7 Å². The SMILES string of the molecule is O=C1COc2ccc(NC(=O)c3cc(F)c(Cl)cc3Cl)cc2N1. The molecular formula is C15H9Cl2FN2O3. The van der Waals surface area contributed by atoms with Crippen LogP contribution >= 0.6 is 23.2 Å². The van der Waals surface area contributed by atoms with Crippen LogP contribution in [-0.2, 0) is 4.79 Å². The fraction of sp³-hybridized carbons (Fsp3) is 0.0667. The van der Waals surface area contributed by atoms with Gasteiger partial charge in [0.1, 0.15) is 11.6 Å². The van der Waals surface area contributed by atoms with Crippen molar-refractivity contribution in [2.75, 3.05) is 17.2 Å². The molecule has 0 aromatic heterocycles. The second kappa shape index (κ2) is 6.06. The largest absolute Gasteiger partial charge is 0.482 e. The number of anilines is 2. The van der Waals surface area contributed by atoms with Crippen LogP contribution in [0.3, 0.4) is 0 Å². The molecule has 0 saturated heterocycles. The molecule has 0 radical (unpaired) electrons. The summed E-state index contributed by atoms with van der Waals surface area (Å²) in [4.78, 5) is 23.5. The second-order valence-corrected chi connectivity index (χ2v) is 5.56. The first-order chi connectivity index (χ1) is 10.9. The van der Waals surface area contributed by atoms with Crippen LogP contribution in [0.2, 0.25) is 10.0 Å². The molecule has 118 valence electrons. The summed E-state index contributed by atoms with van der Waals surface area (Å²) in [6.45, 7) is -0.0572. The third-order valence-electron chi connectivity index (χ3n) is 3.12. The van der Waals surface area contributed by atoms with Crippen molar-refractivity contribution in [2.45, 2.75) is 0 Å². The summed E-state index contributed by atoms with van der Waals surface area (Å²) < 4.78 is 18.7. The maximum absolute atomic E-state index is 13.5. The number of carbonyl (C=O) groups excluding carboxylic acids is 2. The molecule has 2 aromatic carbocycles. The maximum Gasteiger partial charge on any atom is 0.262 e. The highest BCUT2D eigenvalue weighted by atomic mass is 35.5. The Morgan fingerprint density at radius 1 is 1.22 bits per heavy atom. The molecule has 8 heteroatoms. The minimum absolute atomic E-state index is 0.0310. The van der Waals surface area contributed by atoms with Crippen LogP contribution in [-0.4, -0.2) is 18.4 Å². The zero-order chi connectivity index (χ0) is 16.6. The quantitative estimate of drug-likeness (QED) is 0.807. The molecule has 0 fully saturated rings. The lowest BCUT2D eigenvalue weighted by molar-refractivity contribution is -0.118. The number of carbonyl (C=O) groups is 2. The normalized spacial score (nSPS) is 12.9. The van der Waals surface area contributed by atoms with Gasteiger partial charge in [0.25, 0.3) is 11.8 Å². The van der Waals surface area contributed by atoms with Crippen LogP contribution in [0.1, 0.15) is 10.4 Å². The van der Waals surface area contributed by atoms with Crippen LogP contribution in [0.25, 0.3) is 0 Å². The van der Waals surface area contributed by atoms with Crippen molar-refractivity contribution in [1.29, 1.82) is 0 Å². The topological polar surface area (TPSA) is 67.4 Å². The lowest BCUT2D eigenvalue weighted by Gasteiger charge is -2.18. The molecule has 5 nitrogen and oxygen atoms in total. The molecule has 0 spiro atoms. The molecule has 3 rings (SSSR count). The molecule has 0 saturated carbocycles. The van der Waals surface area contributed by atoms with Crippen molar-refractivity contribution in [2.24, 2.45) is 0 Å². The molecule has 0 unspecified atom stereocenters. The van der Waals surface area contributed by atoms with Crippen molar-refractivity contribution in [3.8, 4) is 5.75 Å². The third-order valence-corrected chi connectivity index (χ3v) is 3.73. The Kier molecular flexibility index (Phi) is 4.11. The first kappa shape index (κ1) is 15.6. The number of hydrogen-bond acceptors (Lipinski definition) is 3. The number of halogens is 3. The molecule has 0 atom stereocenters. The maximum atomic E-state index is 13.5. The van der Waals surface area contributed by atoms with Gasteiger partial charge < -0.3 is 15.4 Å². The predicted molar refractivity (Wildman–Crippen MR) is 84.9 cm³/mol. The van der Waals surface area contributed by atoms with Crippen LogP contribution in [0.15, 0.2) is 30.3 Å². The van der Waals surface area contributed by atoms with Crippen molar-refractivity contribution >= 4 is 46.4 Å². The van der Waals surface area contributed by atoms with Gasteiger partial charge >= 0.3 is 0 Å². The summed E-state index contributed by atoms with van der Waals surface area (Å²) in [7, 11) is 0. The first-order valence-corrected chi connectivity index (χ1v) is 7.22. The first-order valence-electron chi connectivity index (χ1n) is 6.46. The zero-order valence-corrected chi connectivity index (χ0v) is 13.0. The van der Waals surface area contributed by atoms with Crippen LogP contribution in [0, 0.1) is 5.82 Å². The fourth-order valence-corrected chi connectivity index (χ4v) is 2.52. The highest BCUT2D eigenvalue weighted by Crippen LogP contribution is 2.31. The third kappa shape index (κ3) is 3.23. The molecule has 2 N–H and O–H groups in total. The van der Waals surface area contributed by atoms with Crippen molar-refractivity contribution in [1.82, 2.24) is 0 Å². The van der Waals surface area contributed by atoms with E-state index in [1.165, 1.54) is 6.07 Å². The monoisotopic (exact) mass is 354 g/mol. The summed E-state index contributed by atoms with van der Waals surface area (Å²) >= 11 is 11.5. The number of amides is 2. The highest BCUT2D eigenvalue weighted by Gasteiger charge is 2.18. The average molecular weight is 355 g/mol. The van der Waals surface area contributed by atoms with Gasteiger partial charge in [0.15, 0.2) is 6.61 Å². The van der Waals surface area contributed by atoms with E-state index in [1.54, 1.807) is 12.1 Å². The minimum Gasteiger partial charge on any atom is -0.482 e. The summed E-state index contributed by atoms with van der Waals surface area (Å²) in [5.74, 6) is -1.14. The van der Waals surface area contributed by atoms with Gasteiger partial charge in [0.05, 0.1) is 21.3 Å². The van der Waals surface area contributed by atoms with Crippen molar-refractivity contribution in [3.05, 3.63) is 51.8 Å². The Morgan fingerprint density at radius 2 is 2.00 bits per heavy atom. The van der Waals surface area contributed by atoms with E-state index >= 15 is 0 Å². The number of fused-ring (bicyclic) bond motifs is 1. The molecule has 1 aliphatic heterocycles. The zero-order valence-electron chi connectivity index (χ0n) is 11.5. The van der Waals surface area contributed by atoms with Gasteiger partial charge in [0, 0.05) is 5.69 Å². The molecule has 23 heavy (non-hydrogen) atoms. The highest BCUT2D eigenvalue weighted by molar-refractivity contribution is 6.37. The lowest BCUT2D eigenvalue weighted by atomic mass is 10.2. The number of benzene rings is 2. The Bertz CT molecular complexity index is 827. The standard InChI is InChI=1S/C15H9Cl2FN2O3/c16-9-5-10(17)11(18)4-8(9)15(22)19-7-1-2-13-12(3-7)20-14(21)6-23-13/h1-5H,6H2,(H,19,22)(H,20,21). The van der Waals surface area contributed by atoms with Crippen LogP contribution < -0.4 is 15.4 Å². The predicted octanol–water partition coefficient (Wildman–Crippen LogP) is 3.72. The van der Waals surface area contributed by atoms with E-state index in [0.29, 0.717) is 17.1 Å². The molecule has 2 aromatic rings. The molecular weight excluding hydrogens is 346 g/mol. The second-order valence-electron chi connectivity index (χ2n) is 4.75. The molecule has 1 aliphatic rings. The minimum atomic E-state index is -0.743. The van der Waals surface area contributed by atoms with Crippen LogP contribution in [0.5, 0.6) is 5.75 Å². The van der Waals surface area contributed by atoms with Crippen molar-refractivity contribution < 1.29 is 18.7 Å². The Morgan fingerprint density at radius 3 is 2.78 bits per heavy atom. The number of ether oxygens (including phenoxy) is 1. The average Bonchev–Trinajstić information content (AvgIpc) is 2.50. The fourth-order valence-electron chi connectivity index (χ4n) is 2.06. The molecule has 0 aliphatic carbocycles. The summed E-state index contributed by atoms with van der Waals surface area (Å²) in [5.41, 5.74) is 0.782. The van der Waals surface area contributed by atoms with Gasteiger partial charge in [-0.05, 0) is 30.3 Å². The summed E-state index contributed by atoms with van der Waals surface area (Å²) in [6, 6.07) is 6.85. The van der Waals surface area contributed by atoms with E-state index in [9.17, 15) is 14.0 Å². The van der Waals surface area contributed by atoms with Crippen molar-refractivity contribution in [3.63, 3.8) is 0 Å². The summed E-state index contributed by atoms with van der Waals surface area (Å²) in [6.07, 6.45) is 0. The number of nitrogens with one attached hydrogen (secondary N) is 2. The molecule has 1 heterocycles. The smallest absolute Gasteiger partial charge is 0.262 e. The number of rotatable bonds is 2. The summed E-state index contributed by atoms with van der Waals surface area (Å²) in [5, 5.41) is 5.06. The van der Waals surface area contributed by atoms with E-state index in [2.05, 4.69) is 10.6 Å². The Hall–Kier alpha value is -2.31. The lowest BCUT2D eigenvalue weighted by Crippen LogP contribution is -2.25. The van der Waals surface area contributed by atoms with E-state index in [0.717, 1.165) is 12.1 Å². The Labute approximate surface area is 140 Å². The van der Waals surface area contributed by atoms with E-state index in [1.807, 2.05) is 0 Å². The van der Waals surface area contributed by atoms with Gasteiger partial charge in [-0.3, -0.25) is 9.59 Å². The van der Waals surface area contributed by atoms with Gasteiger partial charge in [-0.25, -0.2) is 4.39 Å². The number of hydrogen-bond donors (Lipinski definition) is 2. The molecule has 2 amide bonds. The van der Waals surface area contributed by atoms with Gasteiger partial charge in [-0.1, -0.05) is 23.2 Å². The van der Waals surface area contributed by atoms with Gasteiger partial charge in [-0.2, -0.15) is 0 Å².